The molecule has 7 nitrogen and oxygen atoms in total. The van der Waals surface area contributed by atoms with Gasteiger partial charge in [0, 0.05) is 23.9 Å². The van der Waals surface area contributed by atoms with Crippen molar-refractivity contribution >= 4 is 23.3 Å². The number of carbonyl (C=O) groups is 2. The number of nitrogens with one attached hydrogen (secondary N) is 2. The van der Waals surface area contributed by atoms with E-state index in [0.717, 1.165) is 12.1 Å². The van der Waals surface area contributed by atoms with Crippen LogP contribution in [0.25, 0.3) is 5.65 Å². The number of rotatable bonds is 4. The van der Waals surface area contributed by atoms with Gasteiger partial charge in [0.1, 0.15) is 17.5 Å². The monoisotopic (exact) mass is 331 g/mol. The topological polar surface area (TPSA) is 88.4 Å². The summed E-state index contributed by atoms with van der Waals surface area (Å²) < 4.78 is 27.6. The van der Waals surface area contributed by atoms with Crippen molar-refractivity contribution in [1.29, 1.82) is 0 Å². The third kappa shape index (κ3) is 3.35. The third-order valence-electron chi connectivity index (χ3n) is 3.09. The van der Waals surface area contributed by atoms with Crippen molar-refractivity contribution in [1.82, 2.24) is 19.9 Å². The molecule has 122 valence electrons. The lowest BCUT2D eigenvalue weighted by Crippen LogP contribution is -2.33. The van der Waals surface area contributed by atoms with Crippen molar-refractivity contribution in [3.63, 3.8) is 0 Å². The average molecular weight is 331 g/mol. The fourth-order valence-electron chi connectivity index (χ4n) is 2.06. The predicted molar refractivity (Wildman–Crippen MR) is 80.3 cm³/mol. The summed E-state index contributed by atoms with van der Waals surface area (Å²) in [6.07, 6.45) is 3.03. The fourth-order valence-corrected chi connectivity index (χ4v) is 2.06. The van der Waals surface area contributed by atoms with Crippen molar-refractivity contribution in [3.05, 3.63) is 59.9 Å². The Labute approximate surface area is 134 Å². The molecule has 2 amide bonds. The maximum absolute atomic E-state index is 13.1. The summed E-state index contributed by atoms with van der Waals surface area (Å²) in [7, 11) is 0. The summed E-state index contributed by atoms with van der Waals surface area (Å²) in [6, 6.07) is 5.62. The van der Waals surface area contributed by atoms with Gasteiger partial charge in [-0.25, -0.2) is 13.8 Å². The van der Waals surface area contributed by atoms with Crippen LogP contribution in [-0.4, -0.2) is 33.0 Å². The lowest BCUT2D eigenvalue weighted by atomic mass is 10.2. The molecule has 0 saturated heterocycles. The first kappa shape index (κ1) is 15.5. The van der Waals surface area contributed by atoms with E-state index in [4.69, 9.17) is 0 Å². The number of carbonyl (C=O) groups excluding carboxylic acids is 2. The van der Waals surface area contributed by atoms with Gasteiger partial charge in [-0.05, 0) is 18.2 Å². The Bertz CT molecular complexity index is 905. The largest absolute Gasteiger partial charge is 0.343 e. The average Bonchev–Trinajstić information content (AvgIpc) is 3.01. The second-order valence-corrected chi connectivity index (χ2v) is 4.82. The first-order valence-electron chi connectivity index (χ1n) is 6.86. The highest BCUT2D eigenvalue weighted by atomic mass is 19.1. The van der Waals surface area contributed by atoms with Gasteiger partial charge in [0.15, 0.2) is 5.65 Å². The Morgan fingerprint density at radius 1 is 1.08 bits per heavy atom. The number of benzene rings is 1. The Morgan fingerprint density at radius 2 is 1.83 bits per heavy atom. The van der Waals surface area contributed by atoms with Crippen LogP contribution in [-0.2, 0) is 4.79 Å². The van der Waals surface area contributed by atoms with E-state index in [-0.39, 0.29) is 12.1 Å². The third-order valence-corrected chi connectivity index (χ3v) is 3.09. The molecule has 0 aliphatic heterocycles. The Morgan fingerprint density at radius 3 is 2.58 bits per heavy atom. The van der Waals surface area contributed by atoms with E-state index in [1.54, 1.807) is 12.1 Å². The smallest absolute Gasteiger partial charge is 0.251 e. The van der Waals surface area contributed by atoms with Crippen molar-refractivity contribution in [3.8, 4) is 0 Å². The molecule has 0 aliphatic carbocycles. The van der Waals surface area contributed by atoms with Gasteiger partial charge in [-0.2, -0.15) is 9.61 Å². The van der Waals surface area contributed by atoms with Gasteiger partial charge in [0.05, 0.1) is 12.7 Å². The van der Waals surface area contributed by atoms with E-state index in [0.29, 0.717) is 17.5 Å². The van der Waals surface area contributed by atoms with Crippen LogP contribution in [0.5, 0.6) is 0 Å². The van der Waals surface area contributed by atoms with Gasteiger partial charge in [-0.1, -0.05) is 0 Å². The molecule has 0 aliphatic rings. The zero-order valence-electron chi connectivity index (χ0n) is 12.2. The van der Waals surface area contributed by atoms with E-state index in [1.807, 2.05) is 0 Å². The first-order valence-corrected chi connectivity index (χ1v) is 6.86. The predicted octanol–water partition coefficient (Wildman–Crippen LogP) is 1.38. The Balaban J connectivity index is 1.63. The molecule has 3 rings (SSSR count). The molecule has 9 heteroatoms. The molecule has 2 N–H and O–H groups in total. The fraction of sp³-hybridized carbons (Fsp3) is 0.0667. The van der Waals surface area contributed by atoms with Gasteiger partial charge < -0.3 is 10.6 Å². The SMILES string of the molecule is O=C(CNC(=O)c1cc(F)cc(F)c1)Nc1ccnc2ccnn12. The van der Waals surface area contributed by atoms with Crippen LogP contribution in [0.15, 0.2) is 42.7 Å². The van der Waals surface area contributed by atoms with Crippen LogP contribution in [0.4, 0.5) is 14.6 Å². The number of anilines is 1. The van der Waals surface area contributed by atoms with Gasteiger partial charge >= 0.3 is 0 Å². The minimum atomic E-state index is -0.873. The molecule has 3 aromatic rings. The molecule has 0 bridgehead atoms. The van der Waals surface area contributed by atoms with Gasteiger partial charge in [0.2, 0.25) is 5.91 Å². The van der Waals surface area contributed by atoms with Crippen molar-refractivity contribution in [2.75, 3.05) is 11.9 Å². The lowest BCUT2D eigenvalue weighted by molar-refractivity contribution is -0.115. The van der Waals surface area contributed by atoms with Crippen LogP contribution < -0.4 is 10.6 Å². The van der Waals surface area contributed by atoms with Crippen LogP contribution in [0.3, 0.4) is 0 Å². The van der Waals surface area contributed by atoms with E-state index >= 15 is 0 Å². The molecule has 1 aromatic carbocycles. The molecule has 0 fully saturated rings. The summed E-state index contributed by atoms with van der Waals surface area (Å²) in [4.78, 5) is 27.8. The maximum Gasteiger partial charge on any atom is 0.251 e. The standard InChI is InChI=1S/C15H11F2N5O2/c16-10-5-9(6-11(17)7-10)15(24)19-8-14(23)21-13-1-3-18-12-2-4-20-22(12)13/h1-7H,8H2,(H,19,24)(H,21,23). The number of nitrogens with zero attached hydrogens (tertiary/aromatic N) is 3. The van der Waals surface area contributed by atoms with Crippen LogP contribution >= 0.6 is 0 Å². The van der Waals surface area contributed by atoms with Gasteiger partial charge in [-0.15, -0.1) is 0 Å². The zero-order chi connectivity index (χ0) is 17.1. The molecular formula is C15H11F2N5O2. The summed E-state index contributed by atoms with van der Waals surface area (Å²) in [5, 5.41) is 8.85. The number of halogens is 2. The summed E-state index contributed by atoms with van der Waals surface area (Å²) in [6.45, 7) is -0.373. The van der Waals surface area contributed by atoms with Crippen molar-refractivity contribution < 1.29 is 18.4 Å². The van der Waals surface area contributed by atoms with E-state index in [9.17, 15) is 18.4 Å². The summed E-state index contributed by atoms with van der Waals surface area (Å²) in [5.74, 6) is -2.66. The highest BCUT2D eigenvalue weighted by Gasteiger charge is 2.12. The van der Waals surface area contributed by atoms with E-state index in [1.165, 1.54) is 16.9 Å². The highest BCUT2D eigenvalue weighted by Crippen LogP contribution is 2.09. The molecular weight excluding hydrogens is 320 g/mol. The normalized spacial score (nSPS) is 10.6. The minimum absolute atomic E-state index is 0.210. The first-order chi connectivity index (χ1) is 11.5. The van der Waals surface area contributed by atoms with Crippen LogP contribution in [0.1, 0.15) is 10.4 Å². The zero-order valence-corrected chi connectivity index (χ0v) is 12.2. The molecule has 0 unspecified atom stereocenters. The maximum atomic E-state index is 13.1. The number of amides is 2. The highest BCUT2D eigenvalue weighted by molar-refractivity contribution is 5.99. The molecule has 2 heterocycles. The Kier molecular flexibility index (Phi) is 4.15. The second kappa shape index (κ2) is 6.41. The number of fused-ring (bicyclic) bond motifs is 1. The van der Waals surface area contributed by atoms with Gasteiger partial charge in [-0.3, -0.25) is 9.59 Å². The minimum Gasteiger partial charge on any atom is -0.343 e. The summed E-state index contributed by atoms with van der Waals surface area (Å²) in [5.41, 5.74) is 0.339. The summed E-state index contributed by atoms with van der Waals surface area (Å²) >= 11 is 0. The van der Waals surface area contributed by atoms with Crippen LogP contribution in [0.2, 0.25) is 0 Å². The molecule has 0 radical (unpaired) electrons. The molecule has 24 heavy (non-hydrogen) atoms. The lowest BCUT2D eigenvalue weighted by Gasteiger charge is -2.08. The van der Waals surface area contributed by atoms with Crippen molar-refractivity contribution in [2.45, 2.75) is 0 Å². The van der Waals surface area contributed by atoms with Crippen LogP contribution in [0, 0.1) is 11.6 Å². The second-order valence-electron chi connectivity index (χ2n) is 4.82. The van der Waals surface area contributed by atoms with Crippen molar-refractivity contribution in [2.24, 2.45) is 0 Å². The number of aromatic nitrogens is 3. The number of hydrogen-bond acceptors (Lipinski definition) is 4. The van der Waals surface area contributed by atoms with Gasteiger partial charge in [0.25, 0.3) is 5.91 Å². The molecule has 0 spiro atoms. The quantitative estimate of drug-likeness (QED) is 0.756. The van der Waals surface area contributed by atoms with E-state index < -0.39 is 23.4 Å². The molecule has 0 atom stereocenters. The number of hydrogen-bond donors (Lipinski definition) is 2. The Hall–Kier alpha value is -3.36. The van der Waals surface area contributed by atoms with E-state index in [2.05, 4.69) is 20.7 Å². The molecule has 0 saturated carbocycles. The molecule has 2 aromatic heterocycles.